The molecule has 0 bridgehead atoms. The first-order valence-electron chi connectivity index (χ1n) is 5.96. The smallest absolute Gasteiger partial charge is 0.218 e. The fourth-order valence-electron chi connectivity index (χ4n) is 2.67. The number of benzene rings is 1. The third-order valence-electron chi connectivity index (χ3n) is 3.55. The highest BCUT2D eigenvalue weighted by Crippen LogP contribution is 2.32. The quantitative estimate of drug-likeness (QED) is 0.630. The number of fused-ring (bicyclic) bond motifs is 1. The molecule has 0 aliphatic carbocycles. The lowest BCUT2D eigenvalue weighted by Gasteiger charge is -2.22. The van der Waals surface area contributed by atoms with E-state index in [1.54, 1.807) is 7.11 Å². The Morgan fingerprint density at radius 1 is 1.42 bits per heavy atom. The minimum Gasteiger partial charge on any atom is -0.497 e. The van der Waals surface area contributed by atoms with E-state index in [-0.39, 0.29) is 23.6 Å². The van der Waals surface area contributed by atoms with Gasteiger partial charge in [0.15, 0.2) is 16.6 Å². The maximum atomic E-state index is 11.8. The molecule has 7 heteroatoms. The molecule has 1 unspecified atom stereocenters. The van der Waals surface area contributed by atoms with Gasteiger partial charge in [0.25, 0.3) is 0 Å². The van der Waals surface area contributed by atoms with Crippen molar-refractivity contribution in [1.29, 1.82) is 0 Å². The van der Waals surface area contributed by atoms with E-state index in [0.29, 0.717) is 5.11 Å². The maximum Gasteiger partial charge on any atom is 0.218 e. The summed E-state index contributed by atoms with van der Waals surface area (Å²) in [6, 6.07) is 7.46. The monoisotopic (exact) mass is 299 g/mol. The maximum absolute atomic E-state index is 11.8. The van der Waals surface area contributed by atoms with Crippen LogP contribution in [-0.2, 0) is 14.4 Å². The zero-order valence-electron chi connectivity index (χ0n) is 10.4. The zero-order valence-corrected chi connectivity index (χ0v) is 12.0. The molecular formula is C12H15N2O3S2+. The number of nitrogens with one attached hydrogen (secondary N) is 1. The Kier molecular flexibility index (Phi) is 2.99. The van der Waals surface area contributed by atoms with Crippen LogP contribution in [0.2, 0.25) is 0 Å². The molecule has 2 N–H and O–H groups in total. The van der Waals surface area contributed by atoms with Gasteiger partial charge in [0, 0.05) is 5.69 Å². The van der Waals surface area contributed by atoms with E-state index in [2.05, 4.69) is 5.32 Å². The van der Waals surface area contributed by atoms with Crippen molar-refractivity contribution < 1.29 is 13.5 Å². The van der Waals surface area contributed by atoms with E-state index in [0.717, 1.165) is 11.4 Å². The molecule has 0 spiro atoms. The van der Waals surface area contributed by atoms with Crippen molar-refractivity contribution in [2.75, 3.05) is 23.5 Å². The Hall–Kier alpha value is -1.18. The van der Waals surface area contributed by atoms with E-state index in [1.165, 1.54) is 0 Å². The van der Waals surface area contributed by atoms with Crippen LogP contribution in [0.15, 0.2) is 24.3 Å². The second-order valence-electron chi connectivity index (χ2n) is 4.80. The molecule has 3 atom stereocenters. The molecule has 0 radical (unpaired) electrons. The SMILES string of the molecule is COc1ccc(N2C(=S)N[C@@H]3C[S+](=O)(O)C[C@@H]32)cc1. The lowest BCUT2D eigenvalue weighted by atomic mass is 10.1. The molecule has 0 amide bonds. The molecule has 0 aromatic heterocycles. The van der Waals surface area contributed by atoms with Gasteiger partial charge in [-0.15, -0.1) is 0 Å². The van der Waals surface area contributed by atoms with Gasteiger partial charge in [-0.1, -0.05) is 4.21 Å². The third kappa shape index (κ3) is 2.22. The lowest BCUT2D eigenvalue weighted by Crippen LogP contribution is -2.37. The third-order valence-corrected chi connectivity index (χ3v) is 5.60. The Bertz CT molecular complexity index is 561. The molecule has 2 fully saturated rings. The van der Waals surface area contributed by atoms with Gasteiger partial charge in [0.05, 0.1) is 7.11 Å². The Labute approximate surface area is 118 Å². The van der Waals surface area contributed by atoms with Crippen molar-refractivity contribution in [3.63, 3.8) is 0 Å². The van der Waals surface area contributed by atoms with Crippen LogP contribution < -0.4 is 15.0 Å². The first-order chi connectivity index (χ1) is 9.00. The number of rotatable bonds is 2. The highest BCUT2D eigenvalue weighted by atomic mass is 32.3. The molecule has 1 aromatic rings. The minimum atomic E-state index is -2.72. The van der Waals surface area contributed by atoms with E-state index < -0.39 is 10.2 Å². The van der Waals surface area contributed by atoms with Gasteiger partial charge in [-0.3, -0.25) is 0 Å². The Morgan fingerprint density at radius 2 is 2.11 bits per heavy atom. The fourth-order valence-corrected chi connectivity index (χ4v) is 4.98. The van der Waals surface area contributed by atoms with Crippen molar-refractivity contribution in [2.24, 2.45) is 0 Å². The Balaban J connectivity index is 1.90. The molecule has 2 aliphatic heterocycles. The van der Waals surface area contributed by atoms with Crippen LogP contribution in [0.25, 0.3) is 0 Å². The van der Waals surface area contributed by atoms with Crippen molar-refractivity contribution in [2.45, 2.75) is 12.1 Å². The van der Waals surface area contributed by atoms with Gasteiger partial charge >= 0.3 is 0 Å². The van der Waals surface area contributed by atoms with Crippen LogP contribution in [0.4, 0.5) is 5.69 Å². The molecule has 2 aliphatic rings. The normalized spacial score (nSPS) is 33.2. The number of hydrogen-bond donors (Lipinski definition) is 2. The number of methoxy groups -OCH3 is 1. The lowest BCUT2D eigenvalue weighted by molar-refractivity contribution is 0.415. The van der Waals surface area contributed by atoms with Gasteiger partial charge in [0.1, 0.15) is 17.8 Å². The van der Waals surface area contributed by atoms with Crippen LogP contribution in [0.5, 0.6) is 5.75 Å². The summed E-state index contributed by atoms with van der Waals surface area (Å²) in [5.41, 5.74) is 0.919. The number of ether oxygens (including phenoxy) is 1. The van der Waals surface area contributed by atoms with Crippen molar-refractivity contribution in [1.82, 2.24) is 5.32 Å². The molecule has 1 aromatic carbocycles. The summed E-state index contributed by atoms with van der Waals surface area (Å²) in [6.07, 6.45) is 0. The second-order valence-corrected chi connectivity index (χ2v) is 7.40. The van der Waals surface area contributed by atoms with Gasteiger partial charge in [-0.05, 0) is 36.5 Å². The van der Waals surface area contributed by atoms with Gasteiger partial charge in [-0.25, -0.2) is 0 Å². The van der Waals surface area contributed by atoms with Gasteiger partial charge in [-0.2, -0.15) is 4.55 Å². The molecule has 5 nitrogen and oxygen atoms in total. The van der Waals surface area contributed by atoms with Crippen LogP contribution in [0.3, 0.4) is 0 Å². The standard InChI is InChI=1S/C12H14N2O3S2/c1-17-9-4-2-8(3-5-9)14-11-7-19(15,16)6-10(11)13-12(14)18/h2-5,10-11H,6-7H2,1H3,(H-,13,15,16,18)/p+1/t10-,11+/m1/s1. The average molecular weight is 299 g/mol. The van der Waals surface area contributed by atoms with Crippen molar-refractivity contribution in [3.05, 3.63) is 24.3 Å². The number of anilines is 1. The van der Waals surface area contributed by atoms with Crippen LogP contribution >= 0.6 is 12.2 Å². The Morgan fingerprint density at radius 3 is 2.74 bits per heavy atom. The molecule has 0 saturated carbocycles. The summed E-state index contributed by atoms with van der Waals surface area (Å²) in [5, 5.41) is 3.76. The van der Waals surface area contributed by atoms with Gasteiger partial charge in [0.2, 0.25) is 10.2 Å². The summed E-state index contributed by atoms with van der Waals surface area (Å²) < 4.78 is 26.7. The van der Waals surface area contributed by atoms with Crippen molar-refractivity contribution in [3.8, 4) is 5.75 Å². The molecule has 102 valence electrons. The highest BCUT2D eigenvalue weighted by Gasteiger charge is 2.54. The van der Waals surface area contributed by atoms with Crippen molar-refractivity contribution >= 4 is 33.2 Å². The number of nitrogens with zero attached hydrogens (tertiary/aromatic N) is 1. The van der Waals surface area contributed by atoms with E-state index in [4.69, 9.17) is 17.0 Å². The summed E-state index contributed by atoms with van der Waals surface area (Å²) in [5.74, 6) is 1.30. The van der Waals surface area contributed by atoms with Gasteiger partial charge < -0.3 is 15.0 Å². The fraction of sp³-hybridized carbons (Fsp3) is 0.417. The van der Waals surface area contributed by atoms with Crippen LogP contribution in [-0.4, -0.2) is 40.4 Å². The van der Waals surface area contributed by atoms with E-state index >= 15 is 0 Å². The summed E-state index contributed by atoms with van der Waals surface area (Å²) in [7, 11) is -1.11. The molecule has 2 heterocycles. The summed E-state index contributed by atoms with van der Waals surface area (Å²) >= 11 is 5.32. The average Bonchev–Trinajstić information content (AvgIpc) is 2.79. The largest absolute Gasteiger partial charge is 0.497 e. The molecule has 3 rings (SSSR count). The first-order valence-corrected chi connectivity index (χ1v) is 8.22. The first kappa shape index (κ1) is 12.8. The number of thiocarbonyl (C=S) groups is 1. The minimum absolute atomic E-state index is 0.0351. The predicted octanol–water partition coefficient (Wildman–Crippen LogP) is 1.11. The zero-order chi connectivity index (χ0) is 13.6. The van der Waals surface area contributed by atoms with Crippen LogP contribution in [0, 0.1) is 0 Å². The predicted molar refractivity (Wildman–Crippen MR) is 79.2 cm³/mol. The van der Waals surface area contributed by atoms with E-state index in [9.17, 15) is 8.76 Å². The molecule has 19 heavy (non-hydrogen) atoms. The molecular weight excluding hydrogens is 284 g/mol. The summed E-state index contributed by atoms with van der Waals surface area (Å²) in [6.45, 7) is 0. The summed E-state index contributed by atoms with van der Waals surface area (Å²) in [4.78, 5) is 1.93. The molecule has 2 saturated heterocycles. The number of hydrogen-bond acceptors (Lipinski definition) is 3. The highest BCUT2D eigenvalue weighted by molar-refractivity contribution is 7.98. The topological polar surface area (TPSA) is 61.8 Å². The second kappa shape index (κ2) is 4.43. The van der Waals surface area contributed by atoms with Crippen LogP contribution in [0.1, 0.15) is 0 Å². The van der Waals surface area contributed by atoms with E-state index in [1.807, 2.05) is 29.2 Å².